The summed E-state index contributed by atoms with van der Waals surface area (Å²) in [6.45, 7) is 1.25. The largest absolute Gasteiger partial charge is 0.394 e. The smallest absolute Gasteiger partial charge is 0.214 e. The minimum atomic E-state index is -1.81. The fourth-order valence-electron chi connectivity index (χ4n) is 2.76. The summed E-state index contributed by atoms with van der Waals surface area (Å²) in [5, 5.41) is 48.4. The molecular formula is C13H22Cl2O8. The van der Waals surface area contributed by atoms with E-state index in [1.165, 1.54) is 0 Å². The van der Waals surface area contributed by atoms with E-state index in [-0.39, 0.29) is 5.88 Å². The molecule has 5 N–H and O–H groups in total. The number of aliphatic hydroxyl groups is 5. The monoisotopic (exact) mass is 376 g/mol. The maximum absolute atomic E-state index is 10.2. The van der Waals surface area contributed by atoms with E-state index in [0.29, 0.717) is 6.42 Å². The molecule has 2 rings (SSSR count). The molecule has 9 unspecified atom stereocenters. The predicted molar refractivity (Wildman–Crippen MR) is 79.1 cm³/mol. The standard InChI is InChI=1S/C13H22Cl2O8/c1-2-5-8(17)11(20)13(4-14,22-5)23-12-10(19)9(18)7(15)6(3-16)21-12/h5-12,16-20H,2-4H2,1H3. The van der Waals surface area contributed by atoms with Gasteiger partial charge in [0.15, 0.2) is 6.29 Å². The third-order valence-electron chi connectivity index (χ3n) is 4.21. The predicted octanol–water partition coefficient (Wildman–Crippen LogP) is -1.48. The maximum Gasteiger partial charge on any atom is 0.214 e. The van der Waals surface area contributed by atoms with Crippen molar-refractivity contribution in [2.24, 2.45) is 0 Å². The van der Waals surface area contributed by atoms with Crippen molar-refractivity contribution in [3.8, 4) is 0 Å². The zero-order chi connectivity index (χ0) is 17.4. The Hall–Kier alpha value is 0.260. The van der Waals surface area contributed by atoms with Gasteiger partial charge in [0, 0.05) is 0 Å². The van der Waals surface area contributed by atoms with Crippen LogP contribution in [0.4, 0.5) is 0 Å². The topological polar surface area (TPSA) is 129 Å². The molecule has 2 aliphatic heterocycles. The van der Waals surface area contributed by atoms with Crippen LogP contribution in [-0.4, -0.2) is 92.1 Å². The number of halogens is 2. The third-order valence-corrected chi connectivity index (χ3v) is 5.12. The number of ether oxygens (including phenoxy) is 3. The Morgan fingerprint density at radius 3 is 2.22 bits per heavy atom. The van der Waals surface area contributed by atoms with E-state index >= 15 is 0 Å². The van der Waals surface area contributed by atoms with Crippen LogP contribution in [0.5, 0.6) is 0 Å². The van der Waals surface area contributed by atoms with E-state index in [1.54, 1.807) is 6.92 Å². The number of rotatable bonds is 5. The summed E-state index contributed by atoms with van der Waals surface area (Å²) >= 11 is 11.7. The summed E-state index contributed by atoms with van der Waals surface area (Å²) in [7, 11) is 0. The van der Waals surface area contributed by atoms with Crippen LogP contribution < -0.4 is 0 Å². The Bertz CT molecular complexity index is 400. The van der Waals surface area contributed by atoms with Gasteiger partial charge in [0.2, 0.25) is 5.79 Å². The van der Waals surface area contributed by atoms with Gasteiger partial charge >= 0.3 is 0 Å². The first kappa shape index (κ1) is 19.6. The highest BCUT2D eigenvalue weighted by Crippen LogP contribution is 2.38. The summed E-state index contributed by atoms with van der Waals surface area (Å²) in [5.41, 5.74) is 0. The molecule has 2 heterocycles. The third kappa shape index (κ3) is 3.48. The molecule has 2 saturated heterocycles. The molecule has 9 atom stereocenters. The van der Waals surface area contributed by atoms with E-state index in [0.717, 1.165) is 0 Å². The van der Waals surface area contributed by atoms with Gasteiger partial charge in [-0.25, -0.2) is 0 Å². The molecule has 2 fully saturated rings. The lowest BCUT2D eigenvalue weighted by Crippen LogP contribution is -2.61. The second kappa shape index (κ2) is 7.65. The maximum atomic E-state index is 10.2. The molecule has 0 aliphatic carbocycles. The molecule has 2 aliphatic rings. The minimum absolute atomic E-state index is 0.349. The summed E-state index contributed by atoms with van der Waals surface area (Å²) in [4.78, 5) is 0. The van der Waals surface area contributed by atoms with Crippen molar-refractivity contribution in [1.29, 1.82) is 0 Å². The van der Waals surface area contributed by atoms with Crippen LogP contribution >= 0.6 is 23.2 Å². The molecule has 0 aromatic rings. The van der Waals surface area contributed by atoms with Gasteiger partial charge in [-0.2, -0.15) is 0 Å². The molecular weight excluding hydrogens is 355 g/mol. The first-order valence-corrected chi connectivity index (χ1v) is 8.32. The van der Waals surface area contributed by atoms with Gasteiger partial charge < -0.3 is 39.7 Å². The molecule has 8 nitrogen and oxygen atoms in total. The Labute approximate surface area is 143 Å². The summed E-state index contributed by atoms with van der Waals surface area (Å²) < 4.78 is 16.4. The zero-order valence-electron chi connectivity index (χ0n) is 12.5. The van der Waals surface area contributed by atoms with Crippen molar-refractivity contribution in [3.63, 3.8) is 0 Å². The zero-order valence-corrected chi connectivity index (χ0v) is 14.0. The van der Waals surface area contributed by atoms with Crippen LogP contribution in [0.3, 0.4) is 0 Å². The van der Waals surface area contributed by atoms with Crippen LogP contribution in [0.25, 0.3) is 0 Å². The van der Waals surface area contributed by atoms with Gasteiger partial charge in [0.05, 0.1) is 24.0 Å². The van der Waals surface area contributed by atoms with E-state index < -0.39 is 60.7 Å². The van der Waals surface area contributed by atoms with E-state index in [4.69, 9.17) is 37.4 Å². The fraction of sp³-hybridized carbons (Fsp3) is 1.00. The molecule has 0 aromatic carbocycles. The minimum Gasteiger partial charge on any atom is -0.394 e. The first-order valence-electron chi connectivity index (χ1n) is 7.35. The first-order chi connectivity index (χ1) is 10.8. The molecule has 0 aromatic heterocycles. The average Bonchev–Trinajstić information content (AvgIpc) is 2.80. The summed E-state index contributed by atoms with van der Waals surface area (Å²) in [6, 6.07) is 0. The normalized spacial score (nSPS) is 51.1. The lowest BCUT2D eigenvalue weighted by molar-refractivity contribution is -0.358. The lowest BCUT2D eigenvalue weighted by Gasteiger charge is -2.43. The highest BCUT2D eigenvalue weighted by atomic mass is 35.5. The van der Waals surface area contributed by atoms with Crippen molar-refractivity contribution in [2.45, 2.75) is 67.4 Å². The number of alkyl halides is 2. The van der Waals surface area contributed by atoms with Crippen molar-refractivity contribution >= 4 is 23.2 Å². The number of hydrogen-bond donors (Lipinski definition) is 5. The van der Waals surface area contributed by atoms with Gasteiger partial charge in [0.25, 0.3) is 0 Å². The second-order valence-electron chi connectivity index (χ2n) is 5.71. The summed E-state index contributed by atoms with van der Waals surface area (Å²) in [6.07, 6.45) is -8.41. The van der Waals surface area contributed by atoms with Crippen LogP contribution in [0.1, 0.15) is 13.3 Å². The Kier molecular flexibility index (Phi) is 6.52. The molecule has 0 radical (unpaired) electrons. The molecule has 0 amide bonds. The lowest BCUT2D eigenvalue weighted by atomic mass is 10.0. The van der Waals surface area contributed by atoms with Crippen LogP contribution in [-0.2, 0) is 14.2 Å². The molecule has 10 heteroatoms. The Morgan fingerprint density at radius 2 is 1.74 bits per heavy atom. The highest BCUT2D eigenvalue weighted by molar-refractivity contribution is 6.21. The van der Waals surface area contributed by atoms with Gasteiger partial charge in [-0.15, -0.1) is 23.2 Å². The van der Waals surface area contributed by atoms with Crippen molar-refractivity contribution in [1.82, 2.24) is 0 Å². The van der Waals surface area contributed by atoms with Crippen LogP contribution in [0.2, 0.25) is 0 Å². The second-order valence-corrected chi connectivity index (χ2v) is 6.49. The van der Waals surface area contributed by atoms with Gasteiger partial charge in [-0.3, -0.25) is 0 Å². The molecule has 23 heavy (non-hydrogen) atoms. The SMILES string of the molecule is CCC1OC(CCl)(OC2OC(CO)C(Cl)C(O)C2O)C(O)C1O. The number of aliphatic hydroxyl groups excluding tert-OH is 5. The molecule has 0 bridgehead atoms. The highest BCUT2D eigenvalue weighted by Gasteiger charge is 2.57. The number of hydrogen-bond acceptors (Lipinski definition) is 8. The van der Waals surface area contributed by atoms with Gasteiger partial charge in [0.1, 0.15) is 30.5 Å². The Morgan fingerprint density at radius 1 is 1.09 bits per heavy atom. The van der Waals surface area contributed by atoms with E-state index in [9.17, 15) is 25.5 Å². The van der Waals surface area contributed by atoms with Gasteiger partial charge in [-0.05, 0) is 6.42 Å². The molecule has 0 saturated carbocycles. The van der Waals surface area contributed by atoms with Crippen LogP contribution in [0.15, 0.2) is 0 Å². The van der Waals surface area contributed by atoms with Crippen molar-refractivity contribution in [3.05, 3.63) is 0 Å². The van der Waals surface area contributed by atoms with Crippen LogP contribution in [0, 0.1) is 0 Å². The summed E-state index contributed by atoms with van der Waals surface area (Å²) in [5.74, 6) is -2.16. The van der Waals surface area contributed by atoms with Gasteiger partial charge in [-0.1, -0.05) is 6.92 Å². The van der Waals surface area contributed by atoms with E-state index in [2.05, 4.69) is 0 Å². The molecule has 136 valence electrons. The molecule has 0 spiro atoms. The average molecular weight is 377 g/mol. The van der Waals surface area contributed by atoms with E-state index in [1.807, 2.05) is 0 Å². The Balaban J connectivity index is 2.18. The van der Waals surface area contributed by atoms with Crippen molar-refractivity contribution < 1.29 is 39.7 Å². The quantitative estimate of drug-likeness (QED) is 0.367. The fourth-order valence-corrected chi connectivity index (χ4v) is 3.33. The van der Waals surface area contributed by atoms with Crippen molar-refractivity contribution in [2.75, 3.05) is 12.5 Å².